The van der Waals surface area contributed by atoms with Crippen molar-refractivity contribution in [2.45, 2.75) is 32.7 Å². The van der Waals surface area contributed by atoms with Crippen LogP contribution in [-0.2, 0) is 19.6 Å². The van der Waals surface area contributed by atoms with Crippen LogP contribution in [0.5, 0.6) is 0 Å². The number of imidazole rings is 1. The quantitative estimate of drug-likeness (QED) is 0.650. The lowest BCUT2D eigenvalue weighted by Crippen LogP contribution is -2.36. The van der Waals surface area contributed by atoms with Crippen LogP contribution >= 0.6 is 0 Å². The Labute approximate surface area is 162 Å². The van der Waals surface area contributed by atoms with E-state index < -0.39 is 29.7 Å². The molecule has 0 fully saturated rings. The Balaban J connectivity index is 1.88. The van der Waals surface area contributed by atoms with E-state index in [1.54, 1.807) is 13.0 Å². The van der Waals surface area contributed by atoms with Crippen LogP contribution in [0.25, 0.3) is 11.0 Å². The summed E-state index contributed by atoms with van der Waals surface area (Å²) in [6, 6.07) is 4.47. The Morgan fingerprint density at radius 2 is 2.00 bits per heavy atom. The van der Waals surface area contributed by atoms with Gasteiger partial charge in [-0.15, -0.1) is 0 Å². The van der Waals surface area contributed by atoms with Gasteiger partial charge in [-0.2, -0.15) is 13.2 Å². The second-order valence-corrected chi connectivity index (χ2v) is 6.48. The average Bonchev–Trinajstić information content (AvgIpc) is 3.06. The third-order valence-corrected chi connectivity index (χ3v) is 4.41. The van der Waals surface area contributed by atoms with E-state index >= 15 is 0 Å². The first-order valence-corrected chi connectivity index (χ1v) is 8.70. The number of halogens is 3. The minimum Gasteiger partial charge on any atom is -0.334 e. The lowest BCUT2D eigenvalue weighted by molar-refractivity contribution is -0.141. The van der Waals surface area contributed by atoms with E-state index in [1.165, 1.54) is 41.0 Å². The number of carbonyl (C=O) groups is 1. The number of amides is 1. The van der Waals surface area contributed by atoms with Gasteiger partial charge in [0.25, 0.3) is 5.91 Å². The number of hydrogen-bond donors (Lipinski definition) is 1. The van der Waals surface area contributed by atoms with Gasteiger partial charge in [0.1, 0.15) is 12.4 Å². The molecule has 1 N–H and O–H groups in total. The normalized spacial score (nSPS) is 11.8. The summed E-state index contributed by atoms with van der Waals surface area (Å²) in [4.78, 5) is 44.0. The molecule has 3 rings (SSSR count). The Morgan fingerprint density at radius 3 is 2.66 bits per heavy atom. The molecule has 0 saturated heterocycles. The van der Waals surface area contributed by atoms with Crippen LogP contribution in [0.2, 0.25) is 0 Å². The van der Waals surface area contributed by atoms with Gasteiger partial charge < -0.3 is 19.0 Å². The van der Waals surface area contributed by atoms with Crippen molar-refractivity contribution < 1.29 is 18.0 Å². The first kappa shape index (κ1) is 20.4. The average molecular weight is 409 g/mol. The highest BCUT2D eigenvalue weighted by molar-refractivity contribution is 5.97. The number of alkyl halides is 3. The SMILES string of the molecule is CCn1c(=O)c(=O)[nH]c2cc(C(=O)N(C)Cc3nccn3CC(F)(F)F)ccc21. The fraction of sp³-hybridized carbons (Fsp3) is 0.333. The zero-order chi connectivity index (χ0) is 21.3. The third-order valence-electron chi connectivity index (χ3n) is 4.41. The van der Waals surface area contributed by atoms with Gasteiger partial charge in [-0.1, -0.05) is 0 Å². The largest absolute Gasteiger partial charge is 0.406 e. The number of rotatable bonds is 5. The first-order valence-electron chi connectivity index (χ1n) is 8.70. The van der Waals surface area contributed by atoms with Gasteiger partial charge in [0, 0.05) is 31.5 Å². The van der Waals surface area contributed by atoms with E-state index in [2.05, 4.69) is 9.97 Å². The van der Waals surface area contributed by atoms with Crippen LogP contribution in [0.15, 0.2) is 40.2 Å². The van der Waals surface area contributed by atoms with Crippen molar-refractivity contribution in [3.63, 3.8) is 0 Å². The molecule has 0 unspecified atom stereocenters. The number of aryl methyl sites for hydroxylation is 1. The topological polar surface area (TPSA) is 93.0 Å². The van der Waals surface area contributed by atoms with Crippen molar-refractivity contribution in [3.8, 4) is 0 Å². The fourth-order valence-electron chi connectivity index (χ4n) is 3.06. The maximum atomic E-state index is 12.7. The van der Waals surface area contributed by atoms with Gasteiger partial charge in [-0.3, -0.25) is 14.4 Å². The van der Waals surface area contributed by atoms with Crippen LogP contribution in [0.3, 0.4) is 0 Å². The number of aromatic nitrogens is 4. The summed E-state index contributed by atoms with van der Waals surface area (Å²) in [5.74, 6) is -0.379. The van der Waals surface area contributed by atoms with Crippen LogP contribution in [-0.4, -0.2) is 43.1 Å². The van der Waals surface area contributed by atoms with Crippen LogP contribution in [0.1, 0.15) is 23.1 Å². The Morgan fingerprint density at radius 1 is 1.28 bits per heavy atom. The summed E-state index contributed by atoms with van der Waals surface area (Å²) in [5, 5.41) is 0. The molecule has 29 heavy (non-hydrogen) atoms. The van der Waals surface area contributed by atoms with E-state index in [4.69, 9.17) is 0 Å². The van der Waals surface area contributed by atoms with E-state index in [-0.39, 0.29) is 24.5 Å². The Hall–Kier alpha value is -3.37. The fourth-order valence-corrected chi connectivity index (χ4v) is 3.06. The van der Waals surface area contributed by atoms with Gasteiger partial charge >= 0.3 is 17.3 Å². The highest BCUT2D eigenvalue weighted by Crippen LogP contribution is 2.19. The minimum atomic E-state index is -4.41. The van der Waals surface area contributed by atoms with Gasteiger partial charge in [0.2, 0.25) is 0 Å². The van der Waals surface area contributed by atoms with Crippen molar-refractivity contribution in [2.24, 2.45) is 0 Å². The zero-order valence-corrected chi connectivity index (χ0v) is 15.7. The Bertz CT molecular complexity index is 1180. The zero-order valence-electron chi connectivity index (χ0n) is 15.7. The van der Waals surface area contributed by atoms with Crippen LogP contribution < -0.4 is 11.1 Å². The lowest BCUT2D eigenvalue weighted by Gasteiger charge is -2.19. The van der Waals surface area contributed by atoms with Gasteiger partial charge in [0.15, 0.2) is 0 Å². The molecule has 0 aliphatic heterocycles. The molecule has 11 heteroatoms. The van der Waals surface area contributed by atoms with E-state index in [1.807, 2.05) is 0 Å². The summed E-state index contributed by atoms with van der Waals surface area (Å²) >= 11 is 0. The monoisotopic (exact) mass is 409 g/mol. The van der Waals surface area contributed by atoms with Crippen molar-refractivity contribution in [2.75, 3.05) is 7.05 Å². The summed E-state index contributed by atoms with van der Waals surface area (Å²) in [6.45, 7) is 0.672. The molecular weight excluding hydrogens is 391 g/mol. The standard InChI is InChI=1S/C18H18F3N5O3/c1-3-26-13-5-4-11(8-12(13)23-15(27)17(26)29)16(28)24(2)9-14-22-6-7-25(14)10-18(19,20)21/h4-8H,3,9-10H2,1-2H3,(H,23,27). The van der Waals surface area contributed by atoms with Crippen LogP contribution in [0.4, 0.5) is 13.2 Å². The molecule has 1 aromatic carbocycles. The maximum Gasteiger partial charge on any atom is 0.406 e. The molecule has 8 nitrogen and oxygen atoms in total. The lowest BCUT2D eigenvalue weighted by atomic mass is 10.1. The van der Waals surface area contributed by atoms with Crippen molar-refractivity contribution in [1.82, 2.24) is 24.0 Å². The molecule has 3 aromatic rings. The van der Waals surface area contributed by atoms with Crippen molar-refractivity contribution >= 4 is 16.9 Å². The van der Waals surface area contributed by atoms with Crippen LogP contribution in [0, 0.1) is 0 Å². The van der Waals surface area contributed by atoms with E-state index in [9.17, 15) is 27.6 Å². The number of nitrogens with zero attached hydrogens (tertiary/aromatic N) is 4. The number of fused-ring (bicyclic) bond motifs is 1. The molecule has 0 radical (unpaired) electrons. The predicted octanol–water partition coefficient (Wildman–Crippen LogP) is 1.74. The molecular formula is C18H18F3N5O3. The number of benzene rings is 1. The van der Waals surface area contributed by atoms with Gasteiger partial charge in [-0.25, -0.2) is 4.98 Å². The van der Waals surface area contributed by atoms with Gasteiger partial charge in [0.05, 0.1) is 17.6 Å². The molecule has 0 aliphatic rings. The molecule has 0 bridgehead atoms. The minimum absolute atomic E-state index is 0.0900. The highest BCUT2D eigenvalue weighted by Gasteiger charge is 2.29. The van der Waals surface area contributed by atoms with Gasteiger partial charge in [-0.05, 0) is 25.1 Å². The summed E-state index contributed by atoms with van der Waals surface area (Å²) in [7, 11) is 1.44. The van der Waals surface area contributed by atoms with Crippen molar-refractivity contribution in [1.29, 1.82) is 0 Å². The number of H-pyrrole nitrogens is 1. The first-order chi connectivity index (χ1) is 13.6. The Kier molecular flexibility index (Phi) is 5.31. The number of aromatic amines is 1. The molecule has 0 spiro atoms. The number of carbonyl (C=O) groups excluding carboxylic acids is 1. The highest BCUT2D eigenvalue weighted by atomic mass is 19.4. The molecule has 0 aliphatic carbocycles. The molecule has 2 heterocycles. The molecule has 0 saturated carbocycles. The molecule has 2 aromatic heterocycles. The number of nitrogens with one attached hydrogen (secondary N) is 1. The second-order valence-electron chi connectivity index (χ2n) is 6.48. The molecule has 0 atom stereocenters. The molecule has 154 valence electrons. The van der Waals surface area contributed by atoms with E-state index in [0.29, 0.717) is 11.0 Å². The summed E-state index contributed by atoms with van der Waals surface area (Å²) in [5.41, 5.74) is -0.489. The molecule has 1 amide bonds. The van der Waals surface area contributed by atoms with Crippen molar-refractivity contribution in [3.05, 3.63) is 62.7 Å². The van der Waals surface area contributed by atoms with E-state index in [0.717, 1.165) is 4.57 Å². The predicted molar refractivity (Wildman–Crippen MR) is 98.6 cm³/mol. The second kappa shape index (κ2) is 7.57. The summed E-state index contributed by atoms with van der Waals surface area (Å²) in [6.07, 6.45) is -1.96. The smallest absolute Gasteiger partial charge is 0.334 e. The number of hydrogen-bond acceptors (Lipinski definition) is 4. The maximum absolute atomic E-state index is 12.7. The third kappa shape index (κ3) is 4.23. The summed E-state index contributed by atoms with van der Waals surface area (Å²) < 4.78 is 40.2.